The zero-order valence-corrected chi connectivity index (χ0v) is 30.6. The predicted octanol–water partition coefficient (Wildman–Crippen LogP) is 15.6. The Hall–Kier alpha value is -6.94. The van der Waals surface area contributed by atoms with Crippen molar-refractivity contribution in [3.05, 3.63) is 200 Å². The van der Waals surface area contributed by atoms with Crippen molar-refractivity contribution in [2.45, 2.75) is 0 Å². The molecule has 0 saturated carbocycles. The van der Waals surface area contributed by atoms with E-state index in [0.29, 0.717) is 0 Å². The van der Waals surface area contributed by atoms with E-state index in [0.717, 1.165) is 61.3 Å². The Kier molecular flexibility index (Phi) is 7.39. The number of para-hydroxylation sites is 1. The Morgan fingerprint density at radius 3 is 1.76 bits per heavy atom. The van der Waals surface area contributed by atoms with E-state index in [1.54, 1.807) is 0 Å². The van der Waals surface area contributed by atoms with Gasteiger partial charge in [0.15, 0.2) is 0 Å². The van der Waals surface area contributed by atoms with Gasteiger partial charge in [0.05, 0.1) is 0 Å². The number of rotatable bonds is 6. The molecule has 0 fully saturated rings. The summed E-state index contributed by atoms with van der Waals surface area (Å²) < 4.78 is 9.08. The molecule has 2 aromatic heterocycles. The Labute approximate surface area is 322 Å². The van der Waals surface area contributed by atoms with Crippen molar-refractivity contribution in [3.63, 3.8) is 0 Å². The molecule has 55 heavy (non-hydrogen) atoms. The van der Waals surface area contributed by atoms with Gasteiger partial charge in [0.25, 0.3) is 0 Å². The summed E-state index contributed by atoms with van der Waals surface area (Å²) in [5.41, 5.74) is 12.1. The quantitative estimate of drug-likeness (QED) is 0.170. The van der Waals surface area contributed by atoms with Crippen LogP contribution in [0.2, 0.25) is 0 Å². The summed E-state index contributed by atoms with van der Waals surface area (Å²) in [6, 6.07) is 72.2. The molecule has 2 heterocycles. The molecule has 0 aliphatic carbocycles. The number of nitrogens with zero attached hydrogens (tertiary/aromatic N) is 1. The third kappa shape index (κ3) is 5.48. The minimum atomic E-state index is 0.897. The van der Waals surface area contributed by atoms with Gasteiger partial charge >= 0.3 is 0 Å². The van der Waals surface area contributed by atoms with Crippen molar-refractivity contribution < 1.29 is 4.42 Å². The first-order chi connectivity index (χ1) is 27.2. The second-order valence-corrected chi connectivity index (χ2v) is 15.2. The van der Waals surface area contributed by atoms with Gasteiger partial charge in [0.2, 0.25) is 0 Å². The highest BCUT2D eigenvalue weighted by molar-refractivity contribution is 7.25. The second kappa shape index (κ2) is 12.9. The number of benzene rings is 9. The van der Waals surface area contributed by atoms with Crippen LogP contribution in [0, 0.1) is 0 Å². The normalized spacial score (nSPS) is 11.6. The zero-order valence-electron chi connectivity index (χ0n) is 29.8. The number of hydrogen-bond donors (Lipinski definition) is 0. The van der Waals surface area contributed by atoms with E-state index in [-0.39, 0.29) is 0 Å². The SMILES string of the molecule is c1ccc(-c2cccc3c2oc2ccc(-c4ccc(N(c5ccc(-c6ccc7ccccc7c6)cc5)c5ccc6sc7ccccc7c6c5)cc4)cc23)cc1. The van der Waals surface area contributed by atoms with Crippen LogP contribution >= 0.6 is 11.3 Å². The van der Waals surface area contributed by atoms with Gasteiger partial charge in [-0.05, 0) is 105 Å². The average Bonchev–Trinajstić information content (AvgIpc) is 3.82. The molecule has 258 valence electrons. The van der Waals surface area contributed by atoms with E-state index in [2.05, 4.69) is 199 Å². The molecule has 0 aliphatic heterocycles. The van der Waals surface area contributed by atoms with Crippen LogP contribution in [-0.4, -0.2) is 0 Å². The maximum atomic E-state index is 6.48. The van der Waals surface area contributed by atoms with Crippen LogP contribution in [0.3, 0.4) is 0 Å². The molecule has 2 nitrogen and oxygen atoms in total. The molecule has 0 spiro atoms. The largest absolute Gasteiger partial charge is 0.455 e. The molecule has 0 saturated heterocycles. The van der Waals surface area contributed by atoms with Gasteiger partial charge in [-0.15, -0.1) is 11.3 Å². The fraction of sp³-hybridized carbons (Fsp3) is 0. The first-order valence-corrected chi connectivity index (χ1v) is 19.5. The van der Waals surface area contributed by atoms with Gasteiger partial charge in [-0.2, -0.15) is 0 Å². The van der Waals surface area contributed by atoms with Crippen molar-refractivity contribution >= 4 is 81.3 Å². The van der Waals surface area contributed by atoms with Crippen molar-refractivity contribution in [1.29, 1.82) is 0 Å². The van der Waals surface area contributed by atoms with Crippen molar-refractivity contribution in [3.8, 4) is 33.4 Å². The van der Waals surface area contributed by atoms with Crippen LogP contribution in [0.4, 0.5) is 17.1 Å². The average molecular weight is 720 g/mol. The second-order valence-electron chi connectivity index (χ2n) is 14.1. The lowest BCUT2D eigenvalue weighted by atomic mass is 9.99. The fourth-order valence-corrected chi connectivity index (χ4v) is 9.18. The minimum Gasteiger partial charge on any atom is -0.455 e. The third-order valence-electron chi connectivity index (χ3n) is 10.9. The van der Waals surface area contributed by atoms with Gasteiger partial charge in [-0.1, -0.05) is 133 Å². The van der Waals surface area contributed by atoms with Crippen molar-refractivity contribution in [2.75, 3.05) is 4.90 Å². The molecule has 11 rings (SSSR count). The molecule has 3 heteroatoms. The van der Waals surface area contributed by atoms with Crippen LogP contribution in [0.25, 0.3) is 86.3 Å². The maximum Gasteiger partial charge on any atom is 0.143 e. The van der Waals surface area contributed by atoms with E-state index in [4.69, 9.17) is 4.42 Å². The summed E-state index contributed by atoms with van der Waals surface area (Å²) in [6.45, 7) is 0. The highest BCUT2D eigenvalue weighted by Gasteiger charge is 2.17. The highest BCUT2D eigenvalue weighted by atomic mass is 32.1. The molecule has 0 atom stereocenters. The van der Waals surface area contributed by atoms with Crippen LogP contribution in [0.15, 0.2) is 205 Å². The first-order valence-electron chi connectivity index (χ1n) is 18.7. The van der Waals surface area contributed by atoms with E-state index in [9.17, 15) is 0 Å². The molecule has 0 amide bonds. The summed E-state index contributed by atoms with van der Waals surface area (Å²) in [5, 5.41) is 7.33. The summed E-state index contributed by atoms with van der Waals surface area (Å²) in [4.78, 5) is 2.37. The molecule has 11 aromatic rings. The summed E-state index contributed by atoms with van der Waals surface area (Å²) in [7, 11) is 0. The van der Waals surface area contributed by atoms with Gasteiger partial charge in [0.1, 0.15) is 11.2 Å². The zero-order chi connectivity index (χ0) is 36.3. The Morgan fingerprint density at radius 2 is 0.964 bits per heavy atom. The molecule has 0 unspecified atom stereocenters. The van der Waals surface area contributed by atoms with E-state index in [1.807, 2.05) is 17.4 Å². The Bertz CT molecular complexity index is 3190. The number of fused-ring (bicyclic) bond motifs is 7. The first kappa shape index (κ1) is 31.6. The van der Waals surface area contributed by atoms with Crippen molar-refractivity contribution in [2.24, 2.45) is 0 Å². The summed E-state index contributed by atoms with van der Waals surface area (Å²) in [5.74, 6) is 0. The molecular weight excluding hydrogens is 687 g/mol. The standard InChI is InChI=1S/C52H33NOS/c1-2-10-37(11-3-1)44-14-8-15-46-47-32-40(23-29-49(47)54-52(44)46)36-21-26-42(27-22-36)53(43-28-30-51-48(33-43)45-13-6-7-16-50(45)55-51)41-24-19-35(20-25-41)39-18-17-34-9-4-5-12-38(34)31-39/h1-33H. The van der Waals surface area contributed by atoms with Crippen LogP contribution in [0.1, 0.15) is 0 Å². The highest BCUT2D eigenvalue weighted by Crippen LogP contribution is 2.42. The Balaban J connectivity index is 0.992. The minimum absolute atomic E-state index is 0.897. The smallest absolute Gasteiger partial charge is 0.143 e. The fourth-order valence-electron chi connectivity index (χ4n) is 8.10. The number of anilines is 3. The van der Waals surface area contributed by atoms with Gasteiger partial charge < -0.3 is 9.32 Å². The van der Waals surface area contributed by atoms with Crippen molar-refractivity contribution in [1.82, 2.24) is 0 Å². The van der Waals surface area contributed by atoms with E-state index >= 15 is 0 Å². The molecule has 0 aliphatic rings. The van der Waals surface area contributed by atoms with Crippen LogP contribution in [0.5, 0.6) is 0 Å². The molecule has 0 bridgehead atoms. The predicted molar refractivity (Wildman–Crippen MR) is 235 cm³/mol. The Morgan fingerprint density at radius 1 is 0.345 bits per heavy atom. The summed E-state index contributed by atoms with van der Waals surface area (Å²) in [6.07, 6.45) is 0. The lowest BCUT2D eigenvalue weighted by molar-refractivity contribution is 0.670. The molecular formula is C52H33NOS. The monoisotopic (exact) mass is 719 g/mol. The third-order valence-corrected chi connectivity index (χ3v) is 12.0. The number of thiophene rings is 1. The summed E-state index contributed by atoms with van der Waals surface area (Å²) >= 11 is 1.85. The van der Waals surface area contributed by atoms with Crippen LogP contribution < -0.4 is 4.90 Å². The van der Waals surface area contributed by atoms with E-state index in [1.165, 1.54) is 42.1 Å². The topological polar surface area (TPSA) is 16.4 Å². The van der Waals surface area contributed by atoms with Crippen LogP contribution in [-0.2, 0) is 0 Å². The maximum absolute atomic E-state index is 6.48. The number of hydrogen-bond acceptors (Lipinski definition) is 3. The van der Waals surface area contributed by atoms with E-state index < -0.39 is 0 Å². The molecule has 0 N–H and O–H groups in total. The molecule has 9 aromatic carbocycles. The lowest BCUT2D eigenvalue weighted by Crippen LogP contribution is -2.09. The number of furan rings is 1. The van der Waals surface area contributed by atoms with Gasteiger partial charge in [-0.3, -0.25) is 0 Å². The molecule has 0 radical (unpaired) electrons. The van der Waals surface area contributed by atoms with Gasteiger partial charge in [-0.25, -0.2) is 0 Å². The van der Waals surface area contributed by atoms with Gasteiger partial charge in [0, 0.05) is 53.6 Å². The lowest BCUT2D eigenvalue weighted by Gasteiger charge is -2.26.